The zero-order chi connectivity index (χ0) is 13.7. The Balaban J connectivity index is 1.88. The van der Waals surface area contributed by atoms with Crippen LogP contribution in [0, 0.1) is 5.92 Å². The first-order valence-corrected chi connectivity index (χ1v) is 6.26. The predicted octanol–water partition coefficient (Wildman–Crippen LogP) is 2.09. The molecule has 1 saturated heterocycles. The third-order valence-corrected chi connectivity index (χ3v) is 3.34. The highest BCUT2D eigenvalue weighted by Gasteiger charge is 2.28. The number of rotatable bonds is 5. The highest BCUT2D eigenvalue weighted by molar-refractivity contribution is 5.78. The number of carbonyl (C=O) groups excluding carboxylic acids is 1. The minimum absolute atomic E-state index is 0.0913. The van der Waals surface area contributed by atoms with Gasteiger partial charge in [-0.25, -0.2) is 0 Å². The van der Waals surface area contributed by atoms with Crippen molar-refractivity contribution in [2.45, 2.75) is 12.8 Å². The van der Waals surface area contributed by atoms with Crippen LogP contribution in [0.1, 0.15) is 12.0 Å². The molecule has 1 aromatic carbocycles. The van der Waals surface area contributed by atoms with Crippen molar-refractivity contribution in [2.75, 3.05) is 19.6 Å². The number of nitrogens with zero attached hydrogens (tertiary/aromatic N) is 4. The molecule has 2 rings (SSSR count). The molecular weight excluding hydrogens is 244 g/mol. The van der Waals surface area contributed by atoms with E-state index >= 15 is 0 Å². The van der Waals surface area contributed by atoms with Gasteiger partial charge in [0.25, 0.3) is 0 Å². The topological polar surface area (TPSA) is 89.3 Å². The normalized spacial score (nSPS) is 18.4. The fourth-order valence-electron chi connectivity index (χ4n) is 2.32. The molecule has 0 aliphatic carbocycles. The molecule has 6 nitrogen and oxygen atoms in total. The largest absolute Gasteiger partial charge is 0.508 e. The predicted molar refractivity (Wildman–Crippen MR) is 70.5 cm³/mol. The summed E-state index contributed by atoms with van der Waals surface area (Å²) in [6, 6.07) is 7.14. The summed E-state index contributed by atoms with van der Waals surface area (Å²) >= 11 is 0. The number of hydrogen-bond acceptors (Lipinski definition) is 3. The number of phenols is 1. The Morgan fingerprint density at radius 3 is 3.00 bits per heavy atom. The molecule has 0 spiro atoms. The van der Waals surface area contributed by atoms with Crippen molar-refractivity contribution in [1.82, 2.24) is 4.90 Å². The van der Waals surface area contributed by atoms with Crippen LogP contribution in [0.15, 0.2) is 29.4 Å². The van der Waals surface area contributed by atoms with E-state index in [1.54, 1.807) is 17.0 Å². The summed E-state index contributed by atoms with van der Waals surface area (Å²) < 4.78 is 0. The van der Waals surface area contributed by atoms with Crippen LogP contribution in [0.4, 0.5) is 0 Å². The van der Waals surface area contributed by atoms with Gasteiger partial charge in [-0.05, 0) is 29.5 Å². The summed E-state index contributed by atoms with van der Waals surface area (Å²) in [5.41, 5.74) is 9.11. The summed E-state index contributed by atoms with van der Waals surface area (Å²) in [6.07, 6.45) is 1.08. The van der Waals surface area contributed by atoms with Crippen LogP contribution in [0.5, 0.6) is 5.75 Å². The molecule has 1 atom stereocenters. The molecule has 0 bridgehead atoms. The molecule has 1 aromatic rings. The molecule has 1 fully saturated rings. The molecule has 1 aliphatic heterocycles. The molecule has 0 radical (unpaired) electrons. The molecule has 100 valence electrons. The van der Waals surface area contributed by atoms with Gasteiger partial charge in [0, 0.05) is 31.0 Å². The lowest BCUT2D eigenvalue weighted by Crippen LogP contribution is -2.27. The fraction of sp³-hybridized carbons (Fsp3) is 0.462. The van der Waals surface area contributed by atoms with Crippen LogP contribution in [-0.4, -0.2) is 35.5 Å². The highest BCUT2D eigenvalue weighted by atomic mass is 16.3. The number of amides is 1. The van der Waals surface area contributed by atoms with Gasteiger partial charge < -0.3 is 10.0 Å². The zero-order valence-electron chi connectivity index (χ0n) is 10.6. The van der Waals surface area contributed by atoms with Crippen LogP contribution in [-0.2, 0) is 11.2 Å². The molecule has 6 heteroatoms. The lowest BCUT2D eigenvalue weighted by molar-refractivity contribution is -0.127. The van der Waals surface area contributed by atoms with Gasteiger partial charge in [0.1, 0.15) is 5.75 Å². The van der Waals surface area contributed by atoms with Crippen molar-refractivity contribution in [3.63, 3.8) is 0 Å². The van der Waals surface area contributed by atoms with Gasteiger partial charge in [-0.15, -0.1) is 0 Å². The second-order valence-corrected chi connectivity index (χ2v) is 4.70. The molecular formula is C13H16N4O2. The smallest absolute Gasteiger partial charge is 0.222 e. The molecule has 1 aliphatic rings. The summed E-state index contributed by atoms with van der Waals surface area (Å²) in [5, 5.41) is 13.2. The van der Waals surface area contributed by atoms with E-state index in [0.717, 1.165) is 5.56 Å². The van der Waals surface area contributed by atoms with E-state index in [0.29, 0.717) is 32.5 Å². The SMILES string of the molecule is [N-]=[N+]=NCC1CC(=O)N(CCc2ccccc2O)C1. The minimum Gasteiger partial charge on any atom is -0.508 e. The van der Waals surface area contributed by atoms with Gasteiger partial charge in [0.05, 0.1) is 0 Å². The molecule has 0 saturated carbocycles. The van der Waals surface area contributed by atoms with E-state index in [1.807, 2.05) is 12.1 Å². The zero-order valence-corrected chi connectivity index (χ0v) is 10.6. The monoisotopic (exact) mass is 260 g/mol. The van der Waals surface area contributed by atoms with Crippen molar-refractivity contribution < 1.29 is 9.90 Å². The number of carbonyl (C=O) groups is 1. The Bertz CT molecular complexity index is 511. The molecule has 19 heavy (non-hydrogen) atoms. The van der Waals surface area contributed by atoms with Crippen molar-refractivity contribution in [1.29, 1.82) is 0 Å². The van der Waals surface area contributed by atoms with Crippen molar-refractivity contribution in [3.8, 4) is 5.75 Å². The Kier molecular flexibility index (Phi) is 4.26. The van der Waals surface area contributed by atoms with Crippen molar-refractivity contribution >= 4 is 5.91 Å². The van der Waals surface area contributed by atoms with Crippen LogP contribution in [0.25, 0.3) is 10.4 Å². The number of benzene rings is 1. The number of hydrogen-bond donors (Lipinski definition) is 1. The van der Waals surface area contributed by atoms with E-state index < -0.39 is 0 Å². The number of likely N-dealkylation sites (tertiary alicyclic amines) is 1. The van der Waals surface area contributed by atoms with E-state index in [4.69, 9.17) is 5.53 Å². The van der Waals surface area contributed by atoms with Crippen LogP contribution >= 0.6 is 0 Å². The molecule has 1 unspecified atom stereocenters. The number of azide groups is 1. The van der Waals surface area contributed by atoms with Gasteiger partial charge in [-0.2, -0.15) is 0 Å². The lowest BCUT2D eigenvalue weighted by atomic mass is 10.1. The number of phenolic OH excluding ortho intramolecular Hbond substituents is 1. The van der Waals surface area contributed by atoms with Gasteiger partial charge in [-0.1, -0.05) is 23.3 Å². The number of para-hydroxylation sites is 1. The average molecular weight is 260 g/mol. The van der Waals surface area contributed by atoms with E-state index in [2.05, 4.69) is 10.0 Å². The van der Waals surface area contributed by atoms with Crippen molar-refractivity contribution in [3.05, 3.63) is 40.3 Å². The van der Waals surface area contributed by atoms with Crippen LogP contribution in [0.3, 0.4) is 0 Å². The first kappa shape index (κ1) is 13.2. The summed E-state index contributed by atoms with van der Waals surface area (Å²) in [7, 11) is 0. The maximum atomic E-state index is 11.8. The molecule has 0 aromatic heterocycles. The second-order valence-electron chi connectivity index (χ2n) is 4.70. The standard InChI is InChI=1S/C13H16N4O2/c14-16-15-8-10-7-13(19)17(9-10)6-5-11-3-1-2-4-12(11)18/h1-4,10,18H,5-9H2. The fourth-order valence-corrected chi connectivity index (χ4v) is 2.32. The molecule has 1 N–H and O–H groups in total. The van der Waals surface area contributed by atoms with Gasteiger partial charge in [-0.3, -0.25) is 4.79 Å². The van der Waals surface area contributed by atoms with Crippen LogP contribution < -0.4 is 0 Å². The van der Waals surface area contributed by atoms with Crippen molar-refractivity contribution in [2.24, 2.45) is 11.0 Å². The molecule has 1 amide bonds. The molecule has 1 heterocycles. The van der Waals surface area contributed by atoms with E-state index in [9.17, 15) is 9.90 Å². The first-order chi connectivity index (χ1) is 9.20. The summed E-state index contributed by atoms with van der Waals surface area (Å²) in [6.45, 7) is 1.59. The minimum atomic E-state index is 0.0913. The third kappa shape index (κ3) is 3.39. The Morgan fingerprint density at radius 1 is 1.47 bits per heavy atom. The highest BCUT2D eigenvalue weighted by Crippen LogP contribution is 2.21. The maximum absolute atomic E-state index is 11.8. The number of aromatic hydroxyl groups is 1. The first-order valence-electron chi connectivity index (χ1n) is 6.26. The summed E-state index contributed by atoms with van der Waals surface area (Å²) in [5.74, 6) is 0.473. The van der Waals surface area contributed by atoms with Gasteiger partial charge in [0.15, 0.2) is 0 Å². The second kappa shape index (κ2) is 6.11. The van der Waals surface area contributed by atoms with E-state index in [1.165, 1.54) is 0 Å². The Hall–Kier alpha value is -2.20. The van der Waals surface area contributed by atoms with Crippen LogP contribution in [0.2, 0.25) is 0 Å². The lowest BCUT2D eigenvalue weighted by Gasteiger charge is -2.16. The maximum Gasteiger partial charge on any atom is 0.222 e. The Labute approximate surface area is 111 Å². The quantitative estimate of drug-likeness (QED) is 0.499. The third-order valence-electron chi connectivity index (χ3n) is 3.34. The van der Waals surface area contributed by atoms with Gasteiger partial charge >= 0.3 is 0 Å². The average Bonchev–Trinajstić information content (AvgIpc) is 2.76. The Morgan fingerprint density at radius 2 is 2.26 bits per heavy atom. The van der Waals surface area contributed by atoms with Gasteiger partial charge in [0.2, 0.25) is 5.91 Å². The summed E-state index contributed by atoms with van der Waals surface area (Å²) in [4.78, 5) is 16.3. The van der Waals surface area contributed by atoms with E-state index in [-0.39, 0.29) is 17.6 Å².